The maximum Gasteiger partial charge on any atom is 0.252 e. The fraction of sp³-hybridized carbons (Fsp3) is 0.125. The summed E-state index contributed by atoms with van der Waals surface area (Å²) in [5, 5.41) is 10.1. The molecule has 6 nitrogen and oxygen atoms in total. The number of benzene rings is 1. The van der Waals surface area contributed by atoms with Crippen LogP contribution in [0.2, 0.25) is 0 Å². The lowest BCUT2D eigenvalue weighted by Crippen LogP contribution is -2.21. The molecule has 3 aromatic rings. The molecule has 0 saturated carbocycles. The summed E-state index contributed by atoms with van der Waals surface area (Å²) in [6.45, 7) is 0. The SMILES string of the molecule is O=C1NC(Cc2nc(-c3ccccn3)n[nH]2)c2ccccc21. The van der Waals surface area contributed by atoms with E-state index in [4.69, 9.17) is 0 Å². The standard InChI is InChI=1S/C16H13N5O/c22-16-11-6-2-1-5-10(11)13(18-16)9-14-19-15(21-20-14)12-7-3-4-8-17-12/h1-8,13H,9H2,(H,18,22)(H,19,20,21). The number of nitrogens with zero attached hydrogens (tertiary/aromatic N) is 3. The Bertz CT molecular complexity index is 827. The highest BCUT2D eigenvalue weighted by Gasteiger charge is 2.28. The number of rotatable bonds is 3. The van der Waals surface area contributed by atoms with Crippen molar-refractivity contribution < 1.29 is 4.79 Å². The lowest BCUT2D eigenvalue weighted by molar-refractivity contribution is 0.0956. The second-order valence-electron chi connectivity index (χ2n) is 5.14. The predicted molar refractivity (Wildman–Crippen MR) is 80.0 cm³/mol. The van der Waals surface area contributed by atoms with E-state index in [2.05, 4.69) is 25.5 Å². The van der Waals surface area contributed by atoms with Crippen molar-refractivity contribution in [1.29, 1.82) is 0 Å². The van der Waals surface area contributed by atoms with E-state index in [1.54, 1.807) is 6.20 Å². The van der Waals surface area contributed by atoms with Crippen LogP contribution in [-0.4, -0.2) is 26.1 Å². The van der Waals surface area contributed by atoms with Crippen molar-refractivity contribution >= 4 is 5.91 Å². The van der Waals surface area contributed by atoms with Gasteiger partial charge in [-0.15, -0.1) is 0 Å². The Hall–Kier alpha value is -3.02. The number of H-pyrrole nitrogens is 1. The van der Waals surface area contributed by atoms with E-state index in [1.165, 1.54) is 0 Å². The van der Waals surface area contributed by atoms with Crippen LogP contribution in [0.4, 0.5) is 0 Å². The van der Waals surface area contributed by atoms with Gasteiger partial charge in [0.05, 0.1) is 6.04 Å². The van der Waals surface area contributed by atoms with Gasteiger partial charge in [0.2, 0.25) is 0 Å². The molecule has 1 atom stereocenters. The number of carbonyl (C=O) groups excluding carboxylic acids is 1. The van der Waals surface area contributed by atoms with E-state index in [9.17, 15) is 4.79 Å². The maximum absolute atomic E-state index is 11.9. The van der Waals surface area contributed by atoms with Gasteiger partial charge >= 0.3 is 0 Å². The van der Waals surface area contributed by atoms with Crippen molar-refractivity contribution in [3.05, 3.63) is 65.6 Å². The van der Waals surface area contributed by atoms with Crippen LogP contribution in [0.3, 0.4) is 0 Å². The Kier molecular flexibility index (Phi) is 2.93. The van der Waals surface area contributed by atoms with Crippen LogP contribution in [0.15, 0.2) is 48.7 Å². The van der Waals surface area contributed by atoms with E-state index < -0.39 is 0 Å². The zero-order chi connectivity index (χ0) is 14.9. The van der Waals surface area contributed by atoms with Gasteiger partial charge in [-0.2, -0.15) is 5.10 Å². The predicted octanol–water partition coefficient (Wildman–Crippen LogP) is 1.89. The van der Waals surface area contributed by atoms with Crippen LogP contribution in [0.5, 0.6) is 0 Å². The number of aromatic amines is 1. The number of carbonyl (C=O) groups is 1. The van der Waals surface area contributed by atoms with Crippen LogP contribution < -0.4 is 5.32 Å². The molecule has 0 fully saturated rings. The molecule has 1 amide bonds. The summed E-state index contributed by atoms with van der Waals surface area (Å²) in [4.78, 5) is 20.6. The van der Waals surface area contributed by atoms with Gasteiger partial charge in [0.1, 0.15) is 11.5 Å². The lowest BCUT2D eigenvalue weighted by Gasteiger charge is -2.08. The summed E-state index contributed by atoms with van der Waals surface area (Å²) < 4.78 is 0. The molecule has 22 heavy (non-hydrogen) atoms. The van der Waals surface area contributed by atoms with Gasteiger partial charge in [-0.3, -0.25) is 14.9 Å². The van der Waals surface area contributed by atoms with Gasteiger partial charge in [-0.1, -0.05) is 24.3 Å². The first-order valence-electron chi connectivity index (χ1n) is 7.04. The van der Waals surface area contributed by atoms with E-state index in [1.807, 2.05) is 42.5 Å². The molecule has 1 aliphatic heterocycles. The van der Waals surface area contributed by atoms with Crippen LogP contribution in [0.25, 0.3) is 11.5 Å². The number of fused-ring (bicyclic) bond motifs is 1. The minimum absolute atomic E-state index is 0.0370. The van der Waals surface area contributed by atoms with Gasteiger partial charge in [-0.25, -0.2) is 4.98 Å². The molecule has 0 saturated heterocycles. The van der Waals surface area contributed by atoms with Crippen LogP contribution in [0.1, 0.15) is 27.8 Å². The Morgan fingerprint density at radius 3 is 2.82 bits per heavy atom. The highest BCUT2D eigenvalue weighted by molar-refractivity contribution is 5.99. The molecular formula is C16H13N5O. The molecule has 2 aromatic heterocycles. The first kappa shape index (κ1) is 12.7. The van der Waals surface area contributed by atoms with Crippen molar-refractivity contribution in [3.8, 4) is 11.5 Å². The molecule has 0 aliphatic carbocycles. The molecule has 3 heterocycles. The summed E-state index contributed by atoms with van der Waals surface area (Å²) >= 11 is 0. The Labute approximate surface area is 126 Å². The molecule has 1 unspecified atom stereocenters. The summed E-state index contributed by atoms with van der Waals surface area (Å²) in [5.74, 6) is 1.25. The van der Waals surface area contributed by atoms with Crippen LogP contribution >= 0.6 is 0 Å². The third-order valence-corrected chi connectivity index (χ3v) is 3.71. The maximum atomic E-state index is 11.9. The van der Waals surface area contributed by atoms with Crippen molar-refractivity contribution in [3.63, 3.8) is 0 Å². The van der Waals surface area contributed by atoms with Crippen molar-refractivity contribution in [1.82, 2.24) is 25.5 Å². The number of pyridine rings is 1. The van der Waals surface area contributed by atoms with Crippen LogP contribution in [-0.2, 0) is 6.42 Å². The van der Waals surface area contributed by atoms with Gasteiger partial charge in [0.25, 0.3) is 5.91 Å². The number of nitrogens with one attached hydrogen (secondary N) is 2. The van der Waals surface area contributed by atoms with Gasteiger partial charge < -0.3 is 5.32 Å². The molecule has 108 valence electrons. The monoisotopic (exact) mass is 291 g/mol. The fourth-order valence-corrected chi connectivity index (χ4v) is 2.67. The lowest BCUT2D eigenvalue weighted by atomic mass is 10.0. The Morgan fingerprint density at radius 1 is 1.09 bits per heavy atom. The second kappa shape index (κ2) is 5.07. The minimum atomic E-state index is -0.0757. The fourth-order valence-electron chi connectivity index (χ4n) is 2.67. The quantitative estimate of drug-likeness (QED) is 0.772. The summed E-state index contributed by atoms with van der Waals surface area (Å²) in [6.07, 6.45) is 2.28. The average molecular weight is 291 g/mol. The number of hydrogen-bond acceptors (Lipinski definition) is 4. The molecule has 1 aliphatic rings. The first-order chi connectivity index (χ1) is 10.8. The zero-order valence-electron chi connectivity index (χ0n) is 11.7. The Morgan fingerprint density at radius 2 is 1.95 bits per heavy atom. The van der Waals surface area contributed by atoms with Gasteiger partial charge in [0.15, 0.2) is 5.82 Å². The highest BCUT2D eigenvalue weighted by Crippen LogP contribution is 2.27. The average Bonchev–Trinajstić information content (AvgIpc) is 3.15. The summed E-state index contributed by atoms with van der Waals surface area (Å²) in [7, 11) is 0. The first-order valence-corrected chi connectivity index (χ1v) is 7.04. The molecule has 6 heteroatoms. The number of aromatic nitrogens is 4. The smallest absolute Gasteiger partial charge is 0.252 e. The van der Waals surface area contributed by atoms with Crippen LogP contribution in [0, 0.1) is 0 Å². The van der Waals surface area contributed by atoms with Crippen molar-refractivity contribution in [2.45, 2.75) is 12.5 Å². The number of hydrogen-bond donors (Lipinski definition) is 2. The molecule has 0 radical (unpaired) electrons. The third-order valence-electron chi connectivity index (χ3n) is 3.71. The third kappa shape index (κ3) is 2.14. The van der Waals surface area contributed by atoms with E-state index in [-0.39, 0.29) is 11.9 Å². The van der Waals surface area contributed by atoms with Crippen molar-refractivity contribution in [2.24, 2.45) is 0 Å². The molecule has 0 bridgehead atoms. The van der Waals surface area contributed by atoms with E-state index in [0.29, 0.717) is 12.2 Å². The largest absolute Gasteiger partial charge is 0.345 e. The summed E-state index contributed by atoms with van der Waals surface area (Å²) in [6, 6.07) is 13.1. The molecule has 4 rings (SSSR count). The highest BCUT2D eigenvalue weighted by atomic mass is 16.2. The molecule has 1 aromatic carbocycles. The summed E-state index contributed by atoms with van der Waals surface area (Å²) in [5.41, 5.74) is 2.46. The second-order valence-corrected chi connectivity index (χ2v) is 5.14. The normalized spacial score (nSPS) is 16.4. The molecular weight excluding hydrogens is 278 g/mol. The number of amides is 1. The topological polar surface area (TPSA) is 83.6 Å². The minimum Gasteiger partial charge on any atom is -0.345 e. The van der Waals surface area contributed by atoms with Crippen molar-refractivity contribution in [2.75, 3.05) is 0 Å². The molecule has 0 spiro atoms. The zero-order valence-corrected chi connectivity index (χ0v) is 11.7. The Balaban J connectivity index is 1.58. The molecule has 2 N–H and O–H groups in total. The van der Waals surface area contributed by atoms with E-state index >= 15 is 0 Å². The van der Waals surface area contributed by atoms with Gasteiger partial charge in [0, 0.05) is 18.2 Å². The van der Waals surface area contributed by atoms with Gasteiger partial charge in [-0.05, 0) is 23.8 Å². The van der Waals surface area contributed by atoms with E-state index in [0.717, 1.165) is 22.6 Å².